The van der Waals surface area contributed by atoms with Crippen molar-refractivity contribution in [2.24, 2.45) is 0 Å². The molecule has 2 unspecified atom stereocenters. The fraction of sp³-hybridized carbons (Fsp3) is 0.625. The molecular weight excluding hydrogens is 270 g/mol. The maximum atomic E-state index is 12.5. The van der Waals surface area contributed by atoms with Crippen molar-refractivity contribution >= 4 is 10.8 Å². The van der Waals surface area contributed by atoms with Crippen LogP contribution in [-0.2, 0) is 23.6 Å². The van der Waals surface area contributed by atoms with Crippen LogP contribution < -0.4 is 5.32 Å². The molecule has 2 rings (SSSR count). The molecule has 0 saturated carbocycles. The fourth-order valence-electron chi connectivity index (χ4n) is 2.72. The number of aliphatic hydroxyl groups is 1. The van der Waals surface area contributed by atoms with E-state index in [1.54, 1.807) is 0 Å². The Balaban J connectivity index is 1.98. The van der Waals surface area contributed by atoms with Gasteiger partial charge in [0, 0.05) is 23.3 Å². The van der Waals surface area contributed by atoms with Crippen LogP contribution in [0.1, 0.15) is 37.3 Å². The Kier molecular flexibility index (Phi) is 6.20. The van der Waals surface area contributed by atoms with E-state index in [-0.39, 0.29) is 12.6 Å². The van der Waals surface area contributed by atoms with Gasteiger partial charge >= 0.3 is 0 Å². The zero-order valence-electron chi connectivity index (χ0n) is 12.2. The van der Waals surface area contributed by atoms with E-state index in [1.807, 2.05) is 6.07 Å². The van der Waals surface area contributed by atoms with E-state index in [4.69, 9.17) is 5.11 Å². The van der Waals surface area contributed by atoms with Crippen molar-refractivity contribution in [1.29, 1.82) is 0 Å². The Morgan fingerprint density at radius 1 is 1.35 bits per heavy atom. The highest BCUT2D eigenvalue weighted by molar-refractivity contribution is 7.85. The molecule has 0 aromatic heterocycles. The van der Waals surface area contributed by atoms with Crippen molar-refractivity contribution in [1.82, 2.24) is 5.32 Å². The van der Waals surface area contributed by atoms with Crippen LogP contribution in [0.25, 0.3) is 0 Å². The highest BCUT2D eigenvalue weighted by Gasteiger charge is 2.16. The van der Waals surface area contributed by atoms with Crippen molar-refractivity contribution in [2.45, 2.75) is 50.0 Å². The van der Waals surface area contributed by atoms with E-state index >= 15 is 0 Å². The third-order valence-electron chi connectivity index (χ3n) is 3.85. The van der Waals surface area contributed by atoms with Crippen LogP contribution in [0.4, 0.5) is 0 Å². The van der Waals surface area contributed by atoms with Crippen LogP contribution in [-0.4, -0.2) is 34.3 Å². The van der Waals surface area contributed by atoms with Gasteiger partial charge in [0.15, 0.2) is 0 Å². The Morgan fingerprint density at radius 3 is 2.90 bits per heavy atom. The lowest BCUT2D eigenvalue weighted by Crippen LogP contribution is -2.35. The second kappa shape index (κ2) is 7.91. The SMILES string of the molecule is CCCNC(CCO)CS(=O)c1ccc2c(c1)CCC2. The molecule has 112 valence electrons. The first-order chi connectivity index (χ1) is 9.74. The monoisotopic (exact) mass is 295 g/mol. The van der Waals surface area contributed by atoms with Gasteiger partial charge in [-0.15, -0.1) is 0 Å². The summed E-state index contributed by atoms with van der Waals surface area (Å²) in [5, 5.41) is 12.5. The van der Waals surface area contributed by atoms with E-state index in [1.165, 1.54) is 17.5 Å². The minimum Gasteiger partial charge on any atom is -0.396 e. The molecule has 4 heteroatoms. The molecule has 1 aromatic rings. The average molecular weight is 295 g/mol. The first-order valence-corrected chi connectivity index (χ1v) is 8.91. The van der Waals surface area contributed by atoms with Crippen LogP contribution in [0.15, 0.2) is 23.1 Å². The number of fused-ring (bicyclic) bond motifs is 1. The largest absolute Gasteiger partial charge is 0.396 e. The molecule has 1 aliphatic carbocycles. The smallest absolute Gasteiger partial charge is 0.0545 e. The van der Waals surface area contributed by atoms with Gasteiger partial charge in [0.25, 0.3) is 0 Å². The number of rotatable bonds is 8. The van der Waals surface area contributed by atoms with Gasteiger partial charge in [-0.05, 0) is 61.9 Å². The van der Waals surface area contributed by atoms with E-state index in [0.29, 0.717) is 12.2 Å². The van der Waals surface area contributed by atoms with Gasteiger partial charge < -0.3 is 10.4 Å². The van der Waals surface area contributed by atoms with Crippen molar-refractivity contribution in [3.8, 4) is 0 Å². The lowest BCUT2D eigenvalue weighted by atomic mass is 10.1. The number of benzene rings is 1. The van der Waals surface area contributed by atoms with E-state index in [2.05, 4.69) is 24.4 Å². The molecular formula is C16H25NO2S. The molecule has 0 aliphatic heterocycles. The van der Waals surface area contributed by atoms with Crippen molar-refractivity contribution in [2.75, 3.05) is 18.9 Å². The molecule has 0 heterocycles. The summed E-state index contributed by atoms with van der Waals surface area (Å²) in [4.78, 5) is 0.937. The molecule has 0 amide bonds. The van der Waals surface area contributed by atoms with Gasteiger partial charge in [-0.25, -0.2) is 0 Å². The number of hydrogen-bond acceptors (Lipinski definition) is 3. The third-order valence-corrected chi connectivity index (χ3v) is 5.33. The standard InChI is InChI=1S/C16H25NO2S/c1-2-9-17-15(8-10-18)12-20(19)16-7-6-13-4-3-5-14(13)11-16/h6-7,11,15,17-18H,2-5,8-10,12H2,1H3. The fourth-order valence-corrected chi connectivity index (χ4v) is 4.05. The quantitative estimate of drug-likeness (QED) is 0.771. The van der Waals surface area contributed by atoms with Crippen LogP contribution in [0.2, 0.25) is 0 Å². The van der Waals surface area contributed by atoms with Gasteiger partial charge in [-0.2, -0.15) is 0 Å². The molecule has 0 radical (unpaired) electrons. The lowest BCUT2D eigenvalue weighted by molar-refractivity contribution is 0.270. The van der Waals surface area contributed by atoms with Crippen molar-refractivity contribution in [3.63, 3.8) is 0 Å². The maximum absolute atomic E-state index is 12.5. The van der Waals surface area contributed by atoms with Crippen LogP contribution >= 0.6 is 0 Å². The molecule has 2 N–H and O–H groups in total. The van der Waals surface area contributed by atoms with Crippen LogP contribution in [0, 0.1) is 0 Å². The highest BCUT2D eigenvalue weighted by Crippen LogP contribution is 2.24. The van der Waals surface area contributed by atoms with Crippen LogP contribution in [0.3, 0.4) is 0 Å². The first-order valence-electron chi connectivity index (χ1n) is 7.59. The third kappa shape index (κ3) is 4.14. The summed E-state index contributed by atoms with van der Waals surface area (Å²) in [6, 6.07) is 6.40. The summed E-state index contributed by atoms with van der Waals surface area (Å²) in [5.74, 6) is 0.583. The minimum absolute atomic E-state index is 0.133. The van der Waals surface area contributed by atoms with E-state index < -0.39 is 10.8 Å². The van der Waals surface area contributed by atoms with Crippen molar-refractivity contribution in [3.05, 3.63) is 29.3 Å². The van der Waals surface area contributed by atoms with Gasteiger partial charge in [0.1, 0.15) is 0 Å². The predicted molar refractivity (Wildman–Crippen MR) is 83.5 cm³/mol. The summed E-state index contributed by atoms with van der Waals surface area (Å²) in [7, 11) is -0.984. The highest BCUT2D eigenvalue weighted by atomic mass is 32.2. The van der Waals surface area contributed by atoms with Crippen LogP contribution in [0.5, 0.6) is 0 Å². The second-order valence-corrected chi connectivity index (χ2v) is 6.96. The van der Waals surface area contributed by atoms with Gasteiger partial charge in [0.2, 0.25) is 0 Å². The summed E-state index contributed by atoms with van der Waals surface area (Å²) < 4.78 is 12.5. The summed E-state index contributed by atoms with van der Waals surface area (Å²) in [6.07, 6.45) is 5.21. The van der Waals surface area contributed by atoms with E-state index in [0.717, 1.165) is 30.7 Å². The Hall–Kier alpha value is -0.710. The average Bonchev–Trinajstić information content (AvgIpc) is 2.92. The van der Waals surface area contributed by atoms with Gasteiger partial charge in [-0.3, -0.25) is 4.21 Å². The molecule has 1 aromatic carbocycles. The molecule has 0 spiro atoms. The number of aliphatic hydroxyl groups excluding tert-OH is 1. The number of nitrogens with one attached hydrogen (secondary N) is 1. The van der Waals surface area contributed by atoms with Gasteiger partial charge in [-0.1, -0.05) is 13.0 Å². The molecule has 2 atom stereocenters. The second-order valence-electron chi connectivity index (χ2n) is 5.46. The molecule has 0 bridgehead atoms. The van der Waals surface area contributed by atoms with Crippen molar-refractivity contribution < 1.29 is 9.32 Å². The minimum atomic E-state index is -0.984. The summed E-state index contributed by atoms with van der Waals surface area (Å²) in [5.41, 5.74) is 2.79. The Labute approximate surface area is 124 Å². The number of hydrogen-bond donors (Lipinski definition) is 2. The number of aryl methyl sites for hydroxylation is 2. The zero-order chi connectivity index (χ0) is 14.4. The Morgan fingerprint density at radius 2 is 2.15 bits per heavy atom. The molecule has 0 fully saturated rings. The predicted octanol–water partition coefficient (Wildman–Crippen LogP) is 2.03. The summed E-state index contributed by atoms with van der Waals surface area (Å²) in [6.45, 7) is 3.16. The zero-order valence-corrected chi connectivity index (χ0v) is 13.0. The molecule has 0 saturated heterocycles. The normalized spacial score (nSPS) is 16.9. The molecule has 3 nitrogen and oxygen atoms in total. The van der Waals surface area contributed by atoms with Gasteiger partial charge in [0.05, 0.1) is 10.8 Å². The topological polar surface area (TPSA) is 49.3 Å². The maximum Gasteiger partial charge on any atom is 0.0545 e. The van der Waals surface area contributed by atoms with E-state index in [9.17, 15) is 4.21 Å². The lowest BCUT2D eigenvalue weighted by Gasteiger charge is -2.17. The Bertz CT molecular complexity index is 462. The summed E-state index contributed by atoms with van der Waals surface area (Å²) >= 11 is 0. The first kappa shape index (κ1) is 15.7. The molecule has 20 heavy (non-hydrogen) atoms. The molecule has 1 aliphatic rings.